The van der Waals surface area contributed by atoms with E-state index in [0.717, 1.165) is 28.2 Å². The van der Waals surface area contributed by atoms with Crippen LogP contribution in [0, 0.1) is 18.8 Å². The molecule has 3 aromatic rings. The van der Waals surface area contributed by atoms with Crippen molar-refractivity contribution in [3.05, 3.63) is 77.7 Å². The lowest BCUT2D eigenvalue weighted by atomic mass is 10.1. The van der Waals surface area contributed by atoms with Gasteiger partial charge >= 0.3 is 0 Å². The van der Waals surface area contributed by atoms with Crippen molar-refractivity contribution < 1.29 is 9.15 Å². The van der Waals surface area contributed by atoms with Crippen molar-refractivity contribution >= 4 is 0 Å². The number of furan rings is 1. The summed E-state index contributed by atoms with van der Waals surface area (Å²) < 4.78 is 11.0. The first-order chi connectivity index (χ1) is 10.8. The summed E-state index contributed by atoms with van der Waals surface area (Å²) >= 11 is 0. The van der Waals surface area contributed by atoms with E-state index in [1.165, 1.54) is 0 Å². The molecule has 0 spiro atoms. The van der Waals surface area contributed by atoms with E-state index in [4.69, 9.17) is 9.15 Å². The van der Waals surface area contributed by atoms with Crippen LogP contribution in [-0.2, 0) is 0 Å². The van der Waals surface area contributed by atoms with Crippen LogP contribution in [0.25, 0.3) is 11.1 Å². The second-order valence-electron chi connectivity index (χ2n) is 4.95. The Morgan fingerprint density at radius 3 is 2.50 bits per heavy atom. The molecule has 0 saturated carbocycles. The molecule has 2 aromatic carbocycles. The third-order valence-corrected chi connectivity index (χ3v) is 3.33. The van der Waals surface area contributed by atoms with Crippen LogP contribution in [0.15, 0.2) is 65.1 Å². The molecule has 3 rings (SSSR count). The number of aryl methyl sites for hydroxylation is 1. The van der Waals surface area contributed by atoms with Crippen LogP contribution in [0.1, 0.15) is 17.1 Å². The molecule has 0 amide bonds. The predicted octanol–water partition coefficient (Wildman–Crippen LogP) is 4.66. The third kappa shape index (κ3) is 3.05. The largest absolute Gasteiger partial charge is 0.497 e. The first kappa shape index (κ1) is 14.0. The normalized spacial score (nSPS) is 9.91. The molecule has 0 bridgehead atoms. The topological polar surface area (TPSA) is 22.4 Å². The van der Waals surface area contributed by atoms with Gasteiger partial charge in [-0.2, -0.15) is 0 Å². The molecule has 0 unspecified atom stereocenters. The summed E-state index contributed by atoms with van der Waals surface area (Å²) in [6.45, 7) is 1.93. The van der Waals surface area contributed by atoms with Crippen LogP contribution in [0.4, 0.5) is 0 Å². The summed E-state index contributed by atoms with van der Waals surface area (Å²) in [6.07, 6.45) is 0. The summed E-state index contributed by atoms with van der Waals surface area (Å²) in [5.74, 6) is 8.60. The van der Waals surface area contributed by atoms with Gasteiger partial charge in [0.25, 0.3) is 0 Å². The summed E-state index contributed by atoms with van der Waals surface area (Å²) in [4.78, 5) is 0. The average molecular weight is 288 g/mol. The van der Waals surface area contributed by atoms with Crippen molar-refractivity contribution in [2.24, 2.45) is 0 Å². The van der Waals surface area contributed by atoms with E-state index in [-0.39, 0.29) is 0 Å². The Kier molecular flexibility index (Phi) is 3.98. The maximum absolute atomic E-state index is 5.75. The number of methoxy groups -OCH3 is 1. The second-order valence-corrected chi connectivity index (χ2v) is 4.95. The van der Waals surface area contributed by atoms with Gasteiger partial charge in [-0.1, -0.05) is 36.3 Å². The van der Waals surface area contributed by atoms with Crippen LogP contribution in [0.3, 0.4) is 0 Å². The Labute approximate surface area is 130 Å². The minimum atomic E-state index is 0.676. The van der Waals surface area contributed by atoms with Crippen molar-refractivity contribution in [1.82, 2.24) is 0 Å². The molecule has 2 heteroatoms. The molecule has 1 aromatic heterocycles. The first-order valence-corrected chi connectivity index (χ1v) is 7.08. The molecule has 22 heavy (non-hydrogen) atoms. The quantitative estimate of drug-likeness (QED) is 0.640. The lowest BCUT2D eigenvalue weighted by Crippen LogP contribution is -1.84. The van der Waals surface area contributed by atoms with E-state index in [9.17, 15) is 0 Å². The number of hydrogen-bond acceptors (Lipinski definition) is 2. The van der Waals surface area contributed by atoms with E-state index in [1.54, 1.807) is 7.11 Å². The molecule has 1 heterocycles. The van der Waals surface area contributed by atoms with Crippen LogP contribution < -0.4 is 4.74 Å². The Balaban J connectivity index is 2.02. The van der Waals surface area contributed by atoms with Gasteiger partial charge in [0.05, 0.1) is 7.11 Å². The van der Waals surface area contributed by atoms with Crippen molar-refractivity contribution in [1.29, 1.82) is 0 Å². The lowest BCUT2D eigenvalue weighted by Gasteiger charge is -2.02. The highest BCUT2D eigenvalue weighted by molar-refractivity contribution is 5.71. The van der Waals surface area contributed by atoms with E-state index < -0.39 is 0 Å². The van der Waals surface area contributed by atoms with Gasteiger partial charge < -0.3 is 9.15 Å². The Morgan fingerprint density at radius 2 is 1.73 bits per heavy atom. The first-order valence-electron chi connectivity index (χ1n) is 7.08. The molecule has 108 valence electrons. The van der Waals surface area contributed by atoms with Crippen LogP contribution in [-0.4, -0.2) is 7.11 Å². The summed E-state index contributed by atoms with van der Waals surface area (Å²) in [5.41, 5.74) is 2.99. The van der Waals surface area contributed by atoms with Crippen LogP contribution >= 0.6 is 0 Å². The smallest absolute Gasteiger partial charge is 0.185 e. The van der Waals surface area contributed by atoms with Crippen molar-refractivity contribution in [2.75, 3.05) is 7.11 Å². The van der Waals surface area contributed by atoms with Gasteiger partial charge in [-0.3, -0.25) is 0 Å². The molecule has 0 saturated heterocycles. The van der Waals surface area contributed by atoms with E-state index in [0.29, 0.717) is 5.76 Å². The lowest BCUT2D eigenvalue weighted by molar-refractivity contribution is 0.415. The van der Waals surface area contributed by atoms with Gasteiger partial charge in [-0.15, -0.1) is 0 Å². The van der Waals surface area contributed by atoms with Crippen LogP contribution in [0.2, 0.25) is 0 Å². The van der Waals surface area contributed by atoms with Gasteiger partial charge in [0.1, 0.15) is 11.5 Å². The number of hydrogen-bond donors (Lipinski definition) is 0. The number of rotatable bonds is 2. The molecular formula is C20H16O2. The molecule has 0 N–H and O–H groups in total. The van der Waals surface area contributed by atoms with Gasteiger partial charge in [0.15, 0.2) is 5.76 Å². The standard InChI is InChI=1S/C20H16O2/c1-15-13-19(17-9-6-10-18(14-17)21-2)20(22-15)12-11-16-7-4-3-5-8-16/h3-10,13-14H,1-2H3. The highest BCUT2D eigenvalue weighted by Gasteiger charge is 2.10. The zero-order chi connectivity index (χ0) is 15.4. The molecular weight excluding hydrogens is 272 g/mol. The Hall–Kier alpha value is -2.92. The number of benzene rings is 2. The summed E-state index contributed by atoms with van der Waals surface area (Å²) in [5, 5.41) is 0. The van der Waals surface area contributed by atoms with Gasteiger partial charge in [0, 0.05) is 11.1 Å². The van der Waals surface area contributed by atoms with Gasteiger partial charge in [-0.05, 0) is 48.7 Å². The van der Waals surface area contributed by atoms with Crippen molar-refractivity contribution in [3.8, 4) is 28.7 Å². The molecule has 0 radical (unpaired) electrons. The maximum Gasteiger partial charge on any atom is 0.185 e. The molecule has 0 fully saturated rings. The van der Waals surface area contributed by atoms with Crippen LogP contribution in [0.5, 0.6) is 5.75 Å². The highest BCUT2D eigenvalue weighted by Crippen LogP contribution is 2.29. The van der Waals surface area contributed by atoms with Gasteiger partial charge in [0.2, 0.25) is 0 Å². The zero-order valence-corrected chi connectivity index (χ0v) is 12.6. The second kappa shape index (κ2) is 6.24. The van der Waals surface area contributed by atoms with Gasteiger partial charge in [-0.25, -0.2) is 0 Å². The minimum absolute atomic E-state index is 0.676. The molecule has 0 aliphatic carbocycles. The monoisotopic (exact) mass is 288 g/mol. The Bertz CT molecular complexity index is 833. The van der Waals surface area contributed by atoms with E-state index in [2.05, 4.69) is 11.8 Å². The molecule has 0 aliphatic rings. The summed E-state index contributed by atoms with van der Waals surface area (Å²) in [7, 11) is 1.66. The average Bonchev–Trinajstić information content (AvgIpc) is 2.95. The fourth-order valence-corrected chi connectivity index (χ4v) is 2.26. The molecule has 0 atom stereocenters. The fraction of sp³-hybridized carbons (Fsp3) is 0.100. The molecule has 0 aliphatic heterocycles. The third-order valence-electron chi connectivity index (χ3n) is 3.33. The molecule has 2 nitrogen and oxygen atoms in total. The van der Waals surface area contributed by atoms with E-state index >= 15 is 0 Å². The fourth-order valence-electron chi connectivity index (χ4n) is 2.26. The maximum atomic E-state index is 5.75. The van der Waals surface area contributed by atoms with Crippen molar-refractivity contribution in [2.45, 2.75) is 6.92 Å². The number of ether oxygens (including phenoxy) is 1. The predicted molar refractivity (Wildman–Crippen MR) is 87.9 cm³/mol. The van der Waals surface area contributed by atoms with Crippen molar-refractivity contribution in [3.63, 3.8) is 0 Å². The SMILES string of the molecule is COc1cccc(-c2cc(C)oc2C#Cc2ccccc2)c1. The Morgan fingerprint density at radius 1 is 0.909 bits per heavy atom. The van der Waals surface area contributed by atoms with E-state index in [1.807, 2.05) is 67.6 Å². The highest BCUT2D eigenvalue weighted by atomic mass is 16.5. The summed E-state index contributed by atoms with van der Waals surface area (Å²) in [6, 6.07) is 19.8. The zero-order valence-electron chi connectivity index (χ0n) is 12.6. The minimum Gasteiger partial charge on any atom is -0.497 e.